The number of aryl methyl sites for hydroxylation is 1. The van der Waals surface area contributed by atoms with Crippen LogP contribution in [0.1, 0.15) is 94.0 Å². The number of alkyl halides is 3. The summed E-state index contributed by atoms with van der Waals surface area (Å²) in [5, 5.41) is 2.35. The van der Waals surface area contributed by atoms with Gasteiger partial charge >= 0.3 is 6.18 Å². The predicted octanol–water partition coefficient (Wildman–Crippen LogP) is 10.9. The summed E-state index contributed by atoms with van der Waals surface area (Å²) >= 11 is 1.95. The van der Waals surface area contributed by atoms with Crippen LogP contribution < -0.4 is 0 Å². The first-order valence-corrected chi connectivity index (χ1v) is 14.8. The minimum absolute atomic E-state index is 0.113. The lowest BCUT2D eigenvalue weighted by molar-refractivity contribution is -0.137. The van der Waals surface area contributed by atoms with Gasteiger partial charge in [0.05, 0.1) is 5.56 Å². The summed E-state index contributed by atoms with van der Waals surface area (Å²) in [5.41, 5.74) is 5.74. The molecule has 1 unspecified atom stereocenters. The van der Waals surface area contributed by atoms with Gasteiger partial charge in [-0.25, -0.2) is 0 Å². The van der Waals surface area contributed by atoms with Crippen LogP contribution in [-0.4, -0.2) is 5.75 Å². The lowest BCUT2D eigenvalue weighted by Gasteiger charge is -2.41. The van der Waals surface area contributed by atoms with Gasteiger partial charge in [0, 0.05) is 11.3 Å². The van der Waals surface area contributed by atoms with Crippen LogP contribution in [0.25, 0.3) is 5.57 Å². The second-order valence-electron chi connectivity index (χ2n) is 10.4. The molecule has 1 heterocycles. The Labute approximate surface area is 233 Å². The summed E-state index contributed by atoms with van der Waals surface area (Å²) in [6.45, 7) is 14.7. The maximum Gasteiger partial charge on any atom is 0.417 e. The van der Waals surface area contributed by atoms with Gasteiger partial charge in [-0.2, -0.15) is 13.2 Å². The first-order valence-electron chi connectivity index (χ1n) is 13.7. The minimum atomic E-state index is -4.37. The second kappa shape index (κ2) is 14.7. The molecule has 4 heteroatoms. The highest BCUT2D eigenvalue weighted by atomic mass is 32.2. The summed E-state index contributed by atoms with van der Waals surface area (Å²) in [6.07, 6.45) is 9.92. The van der Waals surface area contributed by atoms with Crippen LogP contribution in [0, 0.1) is 30.6 Å². The molecule has 1 atom stereocenters. The maximum atomic E-state index is 12.3. The summed E-state index contributed by atoms with van der Waals surface area (Å²) < 4.78 is 37.0. The molecule has 2 aliphatic rings. The Morgan fingerprint density at radius 2 is 1.76 bits per heavy atom. The fourth-order valence-corrected chi connectivity index (χ4v) is 6.22. The molecule has 1 fully saturated rings. The molecule has 0 amide bonds. The van der Waals surface area contributed by atoms with Crippen molar-refractivity contribution in [1.82, 2.24) is 0 Å². The number of terminal acetylenes is 1. The van der Waals surface area contributed by atoms with E-state index in [9.17, 15) is 13.2 Å². The van der Waals surface area contributed by atoms with Crippen LogP contribution in [0.5, 0.6) is 0 Å². The third kappa shape index (κ3) is 8.57. The van der Waals surface area contributed by atoms with Gasteiger partial charge in [-0.05, 0) is 85.1 Å². The lowest BCUT2D eigenvalue weighted by atomic mass is 9.64. The molecule has 38 heavy (non-hydrogen) atoms. The van der Waals surface area contributed by atoms with Crippen molar-refractivity contribution in [3.05, 3.63) is 87.8 Å². The molecule has 0 radical (unpaired) electrons. The van der Waals surface area contributed by atoms with Gasteiger partial charge in [-0.1, -0.05) is 94.0 Å². The Bertz CT molecular complexity index is 1130. The third-order valence-electron chi connectivity index (χ3n) is 7.70. The number of halogens is 3. The second-order valence-corrected chi connectivity index (χ2v) is 11.3. The van der Waals surface area contributed by atoms with Crippen LogP contribution in [0.2, 0.25) is 0 Å². The van der Waals surface area contributed by atoms with Crippen molar-refractivity contribution in [1.29, 1.82) is 0 Å². The molecule has 0 bridgehead atoms. The quantitative estimate of drug-likeness (QED) is 0.268. The normalized spacial score (nSPS) is 17.1. The van der Waals surface area contributed by atoms with Crippen molar-refractivity contribution in [2.45, 2.75) is 85.7 Å². The zero-order valence-corrected chi connectivity index (χ0v) is 24.5. The Kier molecular flexibility index (Phi) is 12.3. The van der Waals surface area contributed by atoms with E-state index in [1.807, 2.05) is 31.5 Å². The zero-order valence-electron chi connectivity index (χ0n) is 23.7. The monoisotopic (exact) mass is 540 g/mol. The minimum Gasteiger partial charge on any atom is -0.166 e. The smallest absolute Gasteiger partial charge is 0.166 e. The average Bonchev–Trinajstić information content (AvgIpc) is 3.45. The molecule has 0 saturated heterocycles. The summed E-state index contributed by atoms with van der Waals surface area (Å²) in [7, 11) is 0. The highest BCUT2D eigenvalue weighted by molar-refractivity contribution is 8.02. The van der Waals surface area contributed by atoms with Crippen molar-refractivity contribution in [3.8, 4) is 12.3 Å². The van der Waals surface area contributed by atoms with Crippen LogP contribution in [0.4, 0.5) is 13.2 Å². The van der Waals surface area contributed by atoms with E-state index in [0.29, 0.717) is 5.56 Å². The van der Waals surface area contributed by atoms with Gasteiger partial charge in [0.25, 0.3) is 0 Å². The Morgan fingerprint density at radius 1 is 1.08 bits per heavy atom. The molecular formula is C34H43F3S. The third-order valence-corrected chi connectivity index (χ3v) is 8.59. The first kappa shape index (κ1) is 31.8. The van der Waals surface area contributed by atoms with E-state index >= 15 is 0 Å². The molecule has 1 saturated carbocycles. The van der Waals surface area contributed by atoms with Crippen molar-refractivity contribution < 1.29 is 13.2 Å². The van der Waals surface area contributed by atoms with Crippen molar-refractivity contribution in [2.24, 2.45) is 11.3 Å². The number of hydrogen-bond acceptors (Lipinski definition) is 1. The van der Waals surface area contributed by atoms with E-state index in [1.165, 1.54) is 72.6 Å². The maximum absolute atomic E-state index is 12.3. The summed E-state index contributed by atoms with van der Waals surface area (Å²) in [5.74, 6) is 4.05. The highest BCUT2D eigenvalue weighted by Gasteiger charge is 2.36. The lowest BCUT2D eigenvalue weighted by Crippen LogP contribution is -2.32. The zero-order chi connectivity index (χ0) is 28.3. The molecule has 206 valence electrons. The molecule has 0 aromatic heterocycles. The van der Waals surface area contributed by atoms with Gasteiger partial charge in [0.15, 0.2) is 0 Å². The van der Waals surface area contributed by atoms with E-state index in [4.69, 9.17) is 6.42 Å². The fraction of sp³-hybridized carbons (Fsp3) is 0.471. The standard InChI is InChI=1S/C22H30S.C10H7F3.C2H6/c1-17(2)22(3,21-10-5-4-6-11-21)15-18-8-7-9-19(14-18)20-12-13-23-16-20;1-3-8-5-4-7(2)6-9(8)10(11,12)13;1-2/h7-9,14,16,21H,1,4-6,10-13,15H2,2-3H3;1,4-6H,2H3;1-2H3. The molecule has 1 aliphatic heterocycles. The fourth-order valence-electron chi connectivity index (χ4n) is 5.31. The van der Waals surface area contributed by atoms with E-state index in [1.54, 1.807) is 13.0 Å². The van der Waals surface area contributed by atoms with Gasteiger partial charge in [0.2, 0.25) is 0 Å². The number of rotatable bonds is 5. The van der Waals surface area contributed by atoms with Crippen molar-refractivity contribution >= 4 is 17.3 Å². The number of benzene rings is 2. The molecule has 0 N–H and O–H groups in total. The SMILES string of the molecule is C#Cc1ccc(C)cc1C(F)(F)F.C=C(C)C(C)(Cc1cccc(C2=CSCC2)c1)C1CCCCC1.CC. The number of hydrogen-bond donors (Lipinski definition) is 0. The van der Waals surface area contributed by atoms with Crippen molar-refractivity contribution in [2.75, 3.05) is 5.75 Å². The van der Waals surface area contributed by atoms with E-state index in [0.717, 1.165) is 18.4 Å². The van der Waals surface area contributed by atoms with Crippen LogP contribution in [-0.2, 0) is 12.6 Å². The molecule has 2 aromatic carbocycles. The first-order chi connectivity index (χ1) is 18.0. The average molecular weight is 541 g/mol. The van der Waals surface area contributed by atoms with Gasteiger partial charge in [-0.3, -0.25) is 0 Å². The van der Waals surface area contributed by atoms with Gasteiger partial charge in [-0.15, -0.1) is 18.2 Å². The number of allylic oxidation sites excluding steroid dienone is 2. The molecular weight excluding hydrogens is 497 g/mol. The molecule has 4 rings (SSSR count). The highest BCUT2D eigenvalue weighted by Crippen LogP contribution is 2.45. The molecule has 0 spiro atoms. The molecule has 0 nitrogen and oxygen atoms in total. The molecule has 2 aromatic rings. The largest absolute Gasteiger partial charge is 0.417 e. The van der Waals surface area contributed by atoms with Gasteiger partial charge < -0.3 is 0 Å². The summed E-state index contributed by atoms with van der Waals surface area (Å²) in [4.78, 5) is 0. The van der Waals surface area contributed by atoms with Crippen LogP contribution >= 0.6 is 11.8 Å². The number of thioether (sulfide) groups is 1. The Balaban J connectivity index is 0.000000288. The van der Waals surface area contributed by atoms with Crippen molar-refractivity contribution in [3.63, 3.8) is 0 Å². The Morgan fingerprint density at radius 3 is 2.32 bits per heavy atom. The topological polar surface area (TPSA) is 0 Å². The van der Waals surface area contributed by atoms with E-state index in [2.05, 4.69) is 50.1 Å². The van der Waals surface area contributed by atoms with Gasteiger partial charge in [0.1, 0.15) is 0 Å². The predicted molar refractivity (Wildman–Crippen MR) is 160 cm³/mol. The summed E-state index contributed by atoms with van der Waals surface area (Å²) in [6, 6.07) is 13.2. The molecule has 1 aliphatic carbocycles. The van der Waals surface area contributed by atoms with E-state index in [-0.39, 0.29) is 11.0 Å². The van der Waals surface area contributed by atoms with Crippen LogP contribution in [0.15, 0.2) is 60.0 Å². The Hall–Kier alpha value is -2.38. The van der Waals surface area contributed by atoms with Crippen LogP contribution in [0.3, 0.4) is 0 Å². The van der Waals surface area contributed by atoms with E-state index < -0.39 is 11.7 Å².